The number of rotatable bonds is 8. The van der Waals surface area contributed by atoms with Crippen molar-refractivity contribution >= 4 is 22.7 Å². The van der Waals surface area contributed by atoms with Crippen LogP contribution >= 0.6 is 0 Å². The van der Waals surface area contributed by atoms with Gasteiger partial charge in [0.15, 0.2) is 11.4 Å². The van der Waals surface area contributed by atoms with Gasteiger partial charge in [-0.1, -0.05) is 12.1 Å². The number of hydrogen-bond acceptors (Lipinski definition) is 6. The van der Waals surface area contributed by atoms with Gasteiger partial charge in [-0.05, 0) is 42.7 Å². The molecule has 10 heteroatoms. The highest BCUT2D eigenvalue weighted by Crippen LogP contribution is 2.29. The van der Waals surface area contributed by atoms with E-state index in [0.29, 0.717) is 12.0 Å². The SMILES string of the molecule is CC(CO)NC(=O)c1nc(C(=O)NCCF)c2cc(Cc3ccc(F)cc3)cnc2c1O. The van der Waals surface area contributed by atoms with Crippen LogP contribution in [0, 0.1) is 5.82 Å². The minimum atomic E-state index is -0.803. The lowest BCUT2D eigenvalue weighted by atomic mass is 10.0. The summed E-state index contributed by atoms with van der Waals surface area (Å²) in [5.74, 6) is -2.44. The molecular formula is C22H22F2N4O4. The van der Waals surface area contributed by atoms with Gasteiger partial charge in [0.25, 0.3) is 11.8 Å². The number of aromatic nitrogens is 2. The maximum Gasteiger partial charge on any atom is 0.274 e. The van der Waals surface area contributed by atoms with Crippen LogP contribution in [-0.2, 0) is 6.42 Å². The van der Waals surface area contributed by atoms with Crippen LogP contribution in [0.2, 0.25) is 0 Å². The van der Waals surface area contributed by atoms with Crippen molar-refractivity contribution in [3.05, 3.63) is 64.9 Å². The Kier molecular flexibility index (Phi) is 7.26. The molecule has 1 aromatic carbocycles. The van der Waals surface area contributed by atoms with E-state index in [1.165, 1.54) is 18.3 Å². The number of carbonyl (C=O) groups excluding carboxylic acids is 2. The van der Waals surface area contributed by atoms with Gasteiger partial charge in [-0.3, -0.25) is 14.6 Å². The van der Waals surface area contributed by atoms with E-state index in [1.807, 2.05) is 0 Å². The number of aliphatic hydroxyl groups is 1. The molecule has 3 aromatic rings. The highest BCUT2D eigenvalue weighted by molar-refractivity contribution is 6.09. The molecule has 3 rings (SSSR count). The highest BCUT2D eigenvalue weighted by Gasteiger charge is 2.24. The second-order valence-corrected chi connectivity index (χ2v) is 7.20. The van der Waals surface area contributed by atoms with Gasteiger partial charge in [-0.15, -0.1) is 0 Å². The van der Waals surface area contributed by atoms with E-state index in [0.717, 1.165) is 5.56 Å². The molecule has 2 amide bonds. The lowest BCUT2D eigenvalue weighted by molar-refractivity contribution is 0.0914. The predicted molar refractivity (Wildman–Crippen MR) is 113 cm³/mol. The number of nitrogens with zero attached hydrogens (tertiary/aromatic N) is 2. The molecule has 1 unspecified atom stereocenters. The van der Waals surface area contributed by atoms with E-state index < -0.39 is 36.0 Å². The number of fused-ring (bicyclic) bond motifs is 1. The first-order chi connectivity index (χ1) is 15.3. The Bertz CT molecular complexity index is 1140. The second kappa shape index (κ2) is 10.1. The van der Waals surface area contributed by atoms with Gasteiger partial charge in [0.05, 0.1) is 6.61 Å². The molecule has 1 atom stereocenters. The van der Waals surface area contributed by atoms with Gasteiger partial charge >= 0.3 is 0 Å². The molecule has 0 fully saturated rings. The largest absolute Gasteiger partial charge is 0.504 e. The molecule has 0 aliphatic rings. The highest BCUT2D eigenvalue weighted by atomic mass is 19.1. The minimum Gasteiger partial charge on any atom is -0.504 e. The molecule has 0 saturated heterocycles. The summed E-state index contributed by atoms with van der Waals surface area (Å²) in [7, 11) is 0. The summed E-state index contributed by atoms with van der Waals surface area (Å²) < 4.78 is 25.7. The number of carbonyl (C=O) groups is 2. The monoisotopic (exact) mass is 444 g/mol. The lowest BCUT2D eigenvalue weighted by Gasteiger charge is -2.14. The molecule has 8 nitrogen and oxygen atoms in total. The van der Waals surface area contributed by atoms with Crippen molar-refractivity contribution in [3.63, 3.8) is 0 Å². The van der Waals surface area contributed by atoms with Gasteiger partial charge in [-0.25, -0.2) is 13.8 Å². The van der Waals surface area contributed by atoms with Crippen LogP contribution in [0.5, 0.6) is 5.75 Å². The third kappa shape index (κ3) is 5.14. The molecule has 0 bridgehead atoms. The minimum absolute atomic E-state index is 0.0324. The number of pyridine rings is 2. The predicted octanol–water partition coefficient (Wildman–Crippen LogP) is 1.88. The van der Waals surface area contributed by atoms with Gasteiger partial charge < -0.3 is 20.8 Å². The molecule has 2 aromatic heterocycles. The Morgan fingerprint density at radius 2 is 1.84 bits per heavy atom. The topological polar surface area (TPSA) is 124 Å². The quantitative estimate of drug-likeness (QED) is 0.421. The summed E-state index contributed by atoms with van der Waals surface area (Å²) in [5.41, 5.74) is 0.761. The fourth-order valence-electron chi connectivity index (χ4n) is 3.06. The lowest BCUT2D eigenvalue weighted by Crippen LogP contribution is -2.36. The van der Waals surface area contributed by atoms with Crippen molar-refractivity contribution in [1.82, 2.24) is 20.6 Å². The molecule has 2 heterocycles. The van der Waals surface area contributed by atoms with E-state index in [1.54, 1.807) is 25.1 Å². The normalized spacial score (nSPS) is 11.9. The van der Waals surface area contributed by atoms with Gasteiger partial charge in [0.2, 0.25) is 0 Å². The zero-order valence-electron chi connectivity index (χ0n) is 17.2. The zero-order chi connectivity index (χ0) is 23.3. The first-order valence-corrected chi connectivity index (χ1v) is 9.86. The average molecular weight is 444 g/mol. The summed E-state index contributed by atoms with van der Waals surface area (Å²) in [4.78, 5) is 33.4. The van der Waals surface area contributed by atoms with Crippen molar-refractivity contribution in [1.29, 1.82) is 0 Å². The van der Waals surface area contributed by atoms with Crippen LogP contribution in [0.15, 0.2) is 36.5 Å². The van der Waals surface area contributed by atoms with Crippen LogP contribution < -0.4 is 10.6 Å². The van der Waals surface area contributed by atoms with Crippen LogP contribution in [-0.4, -0.2) is 57.9 Å². The van der Waals surface area contributed by atoms with Crippen LogP contribution in [0.1, 0.15) is 39.0 Å². The third-order valence-electron chi connectivity index (χ3n) is 4.65. The van der Waals surface area contributed by atoms with E-state index in [4.69, 9.17) is 5.11 Å². The molecule has 0 radical (unpaired) electrons. The van der Waals surface area contributed by atoms with Gasteiger partial charge in [-0.2, -0.15) is 0 Å². The summed E-state index contributed by atoms with van der Waals surface area (Å²) >= 11 is 0. The Hall–Kier alpha value is -3.66. The molecule has 168 valence electrons. The van der Waals surface area contributed by atoms with Crippen LogP contribution in [0.3, 0.4) is 0 Å². The number of halogens is 2. The average Bonchev–Trinajstić information content (AvgIpc) is 2.79. The summed E-state index contributed by atoms with van der Waals surface area (Å²) in [6.07, 6.45) is 1.83. The number of aromatic hydroxyl groups is 1. The van der Waals surface area contributed by atoms with Crippen molar-refractivity contribution in [2.24, 2.45) is 0 Å². The molecule has 0 spiro atoms. The number of aliphatic hydroxyl groups excluding tert-OH is 1. The first kappa shape index (κ1) is 23.0. The van der Waals surface area contributed by atoms with E-state index in [-0.39, 0.29) is 35.6 Å². The maximum absolute atomic E-state index is 13.2. The number of alkyl halides is 1. The Morgan fingerprint density at radius 3 is 2.50 bits per heavy atom. The Balaban J connectivity index is 2.08. The van der Waals surface area contributed by atoms with Crippen molar-refractivity contribution in [2.45, 2.75) is 19.4 Å². The Labute approximate surface area is 182 Å². The maximum atomic E-state index is 13.2. The fourth-order valence-corrected chi connectivity index (χ4v) is 3.06. The summed E-state index contributed by atoms with van der Waals surface area (Å²) in [6, 6.07) is 6.84. The number of nitrogens with one attached hydrogen (secondary N) is 2. The number of hydrogen-bond donors (Lipinski definition) is 4. The second-order valence-electron chi connectivity index (χ2n) is 7.20. The number of amides is 2. The fraction of sp³-hybridized carbons (Fsp3) is 0.273. The smallest absolute Gasteiger partial charge is 0.274 e. The van der Waals surface area contributed by atoms with Gasteiger partial charge in [0.1, 0.15) is 23.7 Å². The van der Waals surface area contributed by atoms with E-state index in [2.05, 4.69) is 20.6 Å². The molecule has 32 heavy (non-hydrogen) atoms. The van der Waals surface area contributed by atoms with Crippen LogP contribution in [0.25, 0.3) is 10.9 Å². The van der Waals surface area contributed by atoms with Crippen molar-refractivity contribution < 1.29 is 28.6 Å². The van der Waals surface area contributed by atoms with Gasteiger partial charge in [0, 0.05) is 24.2 Å². The standard InChI is InChI=1S/C22H22F2N4O4/c1-12(11-29)27-22(32)19-20(30)17-16(18(28-19)21(31)25-7-6-23)9-14(10-26-17)8-13-2-4-15(24)5-3-13/h2-5,9-10,12,29-30H,6-8,11H2,1H3,(H,25,31)(H,27,32). The van der Waals surface area contributed by atoms with E-state index >= 15 is 0 Å². The molecule has 0 saturated carbocycles. The third-order valence-corrected chi connectivity index (χ3v) is 4.65. The molecule has 0 aliphatic carbocycles. The molecule has 4 N–H and O–H groups in total. The molecular weight excluding hydrogens is 422 g/mol. The van der Waals surface area contributed by atoms with E-state index in [9.17, 15) is 23.5 Å². The summed E-state index contributed by atoms with van der Waals surface area (Å²) in [6.45, 7) is 0.158. The van der Waals surface area contributed by atoms with Crippen molar-refractivity contribution in [3.8, 4) is 5.75 Å². The Morgan fingerprint density at radius 1 is 1.12 bits per heavy atom. The van der Waals surface area contributed by atoms with Crippen LogP contribution in [0.4, 0.5) is 8.78 Å². The summed E-state index contributed by atoms with van der Waals surface area (Å²) in [5, 5.41) is 24.7. The van der Waals surface area contributed by atoms with Crippen molar-refractivity contribution in [2.75, 3.05) is 19.8 Å². The first-order valence-electron chi connectivity index (χ1n) is 9.86. The number of benzene rings is 1. The zero-order valence-corrected chi connectivity index (χ0v) is 17.2. The molecule has 0 aliphatic heterocycles.